The number of carbonyl (C=O) groups excluding carboxylic acids is 2. The standard InChI is InChI=1S/C12H15N3O2/c1-6-2-3-10-7(4-6)8(12(17)15-10)5-9(13)11(14)16/h2-4,8-9H,5,13H2,1H3,(H2,14,16)(H,15,17)/t8?,9-/m0/s1. The number of benzene rings is 1. The van der Waals surface area contributed by atoms with E-state index >= 15 is 0 Å². The van der Waals surface area contributed by atoms with E-state index in [-0.39, 0.29) is 18.2 Å². The molecule has 0 saturated carbocycles. The quantitative estimate of drug-likeness (QED) is 0.697. The Hall–Kier alpha value is -1.88. The first-order valence-electron chi connectivity index (χ1n) is 5.45. The van der Waals surface area contributed by atoms with Crippen LogP contribution in [-0.2, 0) is 9.59 Å². The fraction of sp³-hybridized carbons (Fsp3) is 0.333. The molecule has 2 rings (SSSR count). The molecule has 90 valence electrons. The monoisotopic (exact) mass is 233 g/mol. The second kappa shape index (κ2) is 4.18. The summed E-state index contributed by atoms with van der Waals surface area (Å²) in [6.07, 6.45) is 0.248. The molecule has 1 aromatic carbocycles. The van der Waals surface area contributed by atoms with Crippen molar-refractivity contribution in [3.8, 4) is 0 Å². The Bertz CT molecular complexity index is 485. The van der Waals surface area contributed by atoms with Crippen molar-refractivity contribution >= 4 is 17.5 Å². The maximum Gasteiger partial charge on any atom is 0.234 e. The number of primary amides is 1. The van der Waals surface area contributed by atoms with Gasteiger partial charge in [0.25, 0.3) is 0 Å². The van der Waals surface area contributed by atoms with Crippen molar-refractivity contribution in [1.82, 2.24) is 0 Å². The minimum absolute atomic E-state index is 0.123. The van der Waals surface area contributed by atoms with E-state index in [1.165, 1.54) is 0 Å². The lowest BCUT2D eigenvalue weighted by molar-refractivity contribution is -0.120. The van der Waals surface area contributed by atoms with E-state index in [0.717, 1.165) is 16.8 Å². The molecule has 0 aliphatic carbocycles. The Balaban J connectivity index is 2.28. The minimum atomic E-state index is -0.794. The Kier molecular flexibility index (Phi) is 2.85. The van der Waals surface area contributed by atoms with Gasteiger partial charge in [0.15, 0.2) is 0 Å². The van der Waals surface area contributed by atoms with Crippen LogP contribution in [0.25, 0.3) is 0 Å². The van der Waals surface area contributed by atoms with Gasteiger partial charge in [-0.25, -0.2) is 0 Å². The van der Waals surface area contributed by atoms with E-state index in [1.807, 2.05) is 25.1 Å². The lowest BCUT2D eigenvalue weighted by Crippen LogP contribution is -2.38. The second-order valence-electron chi connectivity index (χ2n) is 4.38. The normalized spacial score (nSPS) is 19.6. The molecule has 5 N–H and O–H groups in total. The zero-order chi connectivity index (χ0) is 12.6. The van der Waals surface area contributed by atoms with Gasteiger partial charge in [-0.1, -0.05) is 17.7 Å². The van der Waals surface area contributed by atoms with Crippen LogP contribution in [0.15, 0.2) is 18.2 Å². The van der Waals surface area contributed by atoms with Crippen molar-refractivity contribution in [3.63, 3.8) is 0 Å². The van der Waals surface area contributed by atoms with Gasteiger partial charge in [0.2, 0.25) is 11.8 Å². The molecule has 1 aliphatic heterocycles. The van der Waals surface area contributed by atoms with Crippen molar-refractivity contribution in [2.24, 2.45) is 11.5 Å². The summed E-state index contributed by atoms with van der Waals surface area (Å²) in [6.45, 7) is 1.95. The zero-order valence-electron chi connectivity index (χ0n) is 9.57. The van der Waals surface area contributed by atoms with Gasteiger partial charge in [-0.15, -0.1) is 0 Å². The number of aryl methyl sites for hydroxylation is 1. The summed E-state index contributed by atoms with van der Waals surface area (Å²) in [5.74, 6) is -1.09. The zero-order valence-corrected chi connectivity index (χ0v) is 9.57. The molecule has 5 nitrogen and oxygen atoms in total. The summed E-state index contributed by atoms with van der Waals surface area (Å²) >= 11 is 0. The minimum Gasteiger partial charge on any atom is -0.368 e. The van der Waals surface area contributed by atoms with Gasteiger partial charge in [0.05, 0.1) is 12.0 Å². The molecule has 1 aliphatic rings. The highest BCUT2D eigenvalue weighted by Gasteiger charge is 2.32. The van der Waals surface area contributed by atoms with Crippen LogP contribution in [0.5, 0.6) is 0 Å². The topological polar surface area (TPSA) is 98.2 Å². The fourth-order valence-electron chi connectivity index (χ4n) is 2.05. The number of nitrogens with two attached hydrogens (primary N) is 2. The number of carbonyl (C=O) groups is 2. The Morgan fingerprint density at radius 1 is 1.53 bits per heavy atom. The van der Waals surface area contributed by atoms with Gasteiger partial charge in [0, 0.05) is 5.69 Å². The molecule has 0 radical (unpaired) electrons. The van der Waals surface area contributed by atoms with Crippen LogP contribution >= 0.6 is 0 Å². The van der Waals surface area contributed by atoms with Crippen LogP contribution in [0.2, 0.25) is 0 Å². The SMILES string of the molecule is Cc1ccc2c(c1)C(C[C@H](N)C(N)=O)C(=O)N2. The van der Waals surface area contributed by atoms with Crippen LogP contribution in [0.1, 0.15) is 23.5 Å². The molecule has 0 spiro atoms. The summed E-state index contributed by atoms with van der Waals surface area (Å²) in [4.78, 5) is 22.7. The molecule has 17 heavy (non-hydrogen) atoms. The Morgan fingerprint density at radius 2 is 2.24 bits per heavy atom. The van der Waals surface area contributed by atoms with Gasteiger partial charge in [-0.3, -0.25) is 9.59 Å². The highest BCUT2D eigenvalue weighted by atomic mass is 16.2. The van der Waals surface area contributed by atoms with Crippen molar-refractivity contribution in [3.05, 3.63) is 29.3 Å². The summed E-state index contributed by atoms with van der Waals surface area (Å²) in [6, 6.07) is 4.93. The lowest BCUT2D eigenvalue weighted by atomic mass is 9.92. The molecule has 1 aromatic rings. The molecule has 0 aromatic heterocycles. The summed E-state index contributed by atoms with van der Waals surface area (Å²) in [5.41, 5.74) is 13.5. The number of amides is 2. The summed E-state index contributed by atoms with van der Waals surface area (Å²) in [7, 11) is 0. The molecular formula is C12H15N3O2. The van der Waals surface area contributed by atoms with Crippen LogP contribution in [-0.4, -0.2) is 17.9 Å². The van der Waals surface area contributed by atoms with Crippen LogP contribution in [0, 0.1) is 6.92 Å². The predicted molar refractivity (Wildman–Crippen MR) is 64.3 cm³/mol. The lowest BCUT2D eigenvalue weighted by Gasteiger charge is -2.12. The number of hydrogen-bond acceptors (Lipinski definition) is 3. The van der Waals surface area contributed by atoms with Gasteiger partial charge in [-0.05, 0) is 25.0 Å². The average Bonchev–Trinajstić information content (AvgIpc) is 2.55. The Morgan fingerprint density at radius 3 is 2.88 bits per heavy atom. The highest BCUT2D eigenvalue weighted by Crippen LogP contribution is 2.35. The molecular weight excluding hydrogens is 218 g/mol. The molecule has 2 atom stereocenters. The van der Waals surface area contributed by atoms with Gasteiger partial charge >= 0.3 is 0 Å². The largest absolute Gasteiger partial charge is 0.368 e. The molecule has 1 unspecified atom stereocenters. The van der Waals surface area contributed by atoms with E-state index in [2.05, 4.69) is 5.32 Å². The van der Waals surface area contributed by atoms with Gasteiger partial charge in [-0.2, -0.15) is 0 Å². The van der Waals surface area contributed by atoms with Crippen molar-refractivity contribution < 1.29 is 9.59 Å². The van der Waals surface area contributed by atoms with E-state index in [4.69, 9.17) is 11.5 Å². The molecule has 2 amide bonds. The molecule has 0 fully saturated rings. The number of hydrogen-bond donors (Lipinski definition) is 3. The van der Waals surface area contributed by atoms with Crippen molar-refractivity contribution in [2.45, 2.75) is 25.3 Å². The first-order valence-corrected chi connectivity index (χ1v) is 5.45. The summed E-state index contributed by atoms with van der Waals surface area (Å²) < 4.78 is 0. The van der Waals surface area contributed by atoms with E-state index in [1.54, 1.807) is 0 Å². The second-order valence-corrected chi connectivity index (χ2v) is 4.38. The summed E-state index contributed by atoms with van der Waals surface area (Å²) in [5, 5.41) is 2.77. The third-order valence-corrected chi connectivity index (χ3v) is 3.01. The molecule has 5 heteroatoms. The van der Waals surface area contributed by atoms with Gasteiger partial charge in [0.1, 0.15) is 0 Å². The number of rotatable bonds is 3. The van der Waals surface area contributed by atoms with Crippen LogP contribution in [0.3, 0.4) is 0 Å². The van der Waals surface area contributed by atoms with Crippen molar-refractivity contribution in [1.29, 1.82) is 0 Å². The van der Waals surface area contributed by atoms with Crippen molar-refractivity contribution in [2.75, 3.05) is 5.32 Å². The average molecular weight is 233 g/mol. The molecule has 1 heterocycles. The number of anilines is 1. The highest BCUT2D eigenvalue weighted by molar-refractivity contribution is 6.03. The first-order chi connectivity index (χ1) is 7.99. The third-order valence-electron chi connectivity index (χ3n) is 3.01. The first kappa shape index (κ1) is 11.6. The number of fused-ring (bicyclic) bond motifs is 1. The molecule has 0 saturated heterocycles. The van der Waals surface area contributed by atoms with E-state index in [0.29, 0.717) is 0 Å². The van der Waals surface area contributed by atoms with Crippen LogP contribution < -0.4 is 16.8 Å². The maximum absolute atomic E-state index is 11.8. The third kappa shape index (κ3) is 2.14. The predicted octanol–water partition coefficient (Wildman–Crippen LogP) is 0.233. The number of nitrogens with one attached hydrogen (secondary N) is 1. The van der Waals surface area contributed by atoms with E-state index < -0.39 is 11.9 Å². The van der Waals surface area contributed by atoms with Gasteiger partial charge < -0.3 is 16.8 Å². The fourth-order valence-corrected chi connectivity index (χ4v) is 2.05. The van der Waals surface area contributed by atoms with Crippen LogP contribution in [0.4, 0.5) is 5.69 Å². The smallest absolute Gasteiger partial charge is 0.234 e. The molecule has 0 bridgehead atoms. The Labute approximate surface area is 99.2 Å². The van der Waals surface area contributed by atoms with E-state index in [9.17, 15) is 9.59 Å². The maximum atomic E-state index is 11.8.